The number of esters is 3. The molecule has 45 nitrogen and oxygen atoms in total. The van der Waals surface area contributed by atoms with Crippen molar-refractivity contribution in [2.24, 2.45) is 62.1 Å². The molecule has 138 heavy (non-hydrogen) atoms. The molecule has 22 N–H and O–H groups in total. The molecule has 45 heteroatoms. The molecule has 5 aliphatic carbocycles. The van der Waals surface area contributed by atoms with Gasteiger partial charge in [-0.15, -0.1) is 0 Å². The quantitative estimate of drug-likeness (QED) is 0.00713. The van der Waals surface area contributed by atoms with Gasteiger partial charge in [-0.25, -0.2) is 4.79 Å². The number of ether oxygens (including phenoxy) is 18. The minimum absolute atomic E-state index is 0.00357. The van der Waals surface area contributed by atoms with Gasteiger partial charge >= 0.3 is 23.9 Å². The maximum Gasteiger partial charge on any atom is 0.335 e. The molecule has 0 amide bonds. The number of rotatable bonds is 35. The van der Waals surface area contributed by atoms with Gasteiger partial charge in [-0.3, -0.25) is 14.4 Å². The van der Waals surface area contributed by atoms with Crippen molar-refractivity contribution >= 4 is 30.2 Å². The molecule has 0 aromatic carbocycles. The van der Waals surface area contributed by atoms with Crippen LogP contribution in [0.4, 0.5) is 0 Å². The minimum Gasteiger partial charge on any atom is -0.479 e. The van der Waals surface area contributed by atoms with Crippen LogP contribution in [0.3, 0.4) is 0 Å². The van der Waals surface area contributed by atoms with Gasteiger partial charge in [0.2, 0.25) is 12.1 Å². The van der Waals surface area contributed by atoms with Crippen LogP contribution in [0.1, 0.15) is 193 Å². The second-order valence-electron chi connectivity index (χ2n) is 42.9. The van der Waals surface area contributed by atoms with Gasteiger partial charge in [0, 0.05) is 12.8 Å². The van der Waals surface area contributed by atoms with E-state index >= 15 is 4.79 Å². The van der Waals surface area contributed by atoms with E-state index in [0.29, 0.717) is 51.4 Å². The van der Waals surface area contributed by atoms with Crippen molar-refractivity contribution in [2.45, 2.75) is 437 Å². The largest absolute Gasteiger partial charge is 0.479 e. The SMILES string of the molecule is CC[C@@H]1OCC(O)(O[C@@H](C[C@H](O)CC(=O)O[C@@H](C[C@H](O)CC(=O)OC2[C@H](O)C(C)O[C@@H](OC(=O)[C@]34CCC(C)(C)CC3C3=CCC5[C@@]6(C)CC[C@H](O[C@@H]7OC(C(=O)O)[C@H](O)[C@H](O[C@@H]8OC[C@@H](O)[C@H](O)C8O)C7O[C@@H]7OC(CO)[C@H](O)[C@H](O)C7O)[C@@](C)(C=O)C6CC[C@@]5(C)[C@]3(C)C[C@H]4O)[C@@H]2O[C@@H]2OC(C)[C@H](OC3OCC(O)[C@H](O[C@@H]4OC[C@](O)(CO)C4O)[C@@H]3O)[C@H](O)C2O)[C@@H](C)CC)[C@@H](C)CC)C1O. The molecular formula is C93H150O45. The number of aliphatic hydroxyl groups excluding tert-OH is 19. The van der Waals surface area contributed by atoms with Crippen LogP contribution in [0.5, 0.6) is 0 Å². The lowest BCUT2D eigenvalue weighted by Gasteiger charge is -2.71. The number of aliphatic carboxylic acids is 1. The lowest BCUT2D eigenvalue weighted by atomic mass is 9.33. The topological polar surface area (TPSA) is 697 Å². The third-order valence-corrected chi connectivity index (χ3v) is 33.6. The van der Waals surface area contributed by atoms with E-state index in [1.54, 1.807) is 27.7 Å². The van der Waals surface area contributed by atoms with Crippen LogP contribution in [0.25, 0.3) is 0 Å². The first kappa shape index (κ1) is 111. The van der Waals surface area contributed by atoms with Crippen molar-refractivity contribution in [1.29, 1.82) is 0 Å². The highest BCUT2D eigenvalue weighted by molar-refractivity contribution is 5.80. The van der Waals surface area contributed by atoms with Crippen LogP contribution in [-0.4, -0.2) is 427 Å². The Hall–Kier alpha value is -4.15. The molecule has 0 bridgehead atoms. The number of fused-ring (bicyclic) bond motifs is 7. The Morgan fingerprint density at radius 1 is 0.522 bits per heavy atom. The lowest BCUT2D eigenvalue weighted by molar-refractivity contribution is -0.391. The van der Waals surface area contributed by atoms with Gasteiger partial charge in [-0.2, -0.15) is 0 Å². The number of carbonyl (C=O) groups is 5. The number of allylic oxidation sites excluding steroid dienone is 2. The van der Waals surface area contributed by atoms with E-state index in [4.69, 9.17) is 85.3 Å². The van der Waals surface area contributed by atoms with Gasteiger partial charge in [-0.1, -0.05) is 101 Å². The maximum absolute atomic E-state index is 16.5. The summed E-state index contributed by atoms with van der Waals surface area (Å²) in [6, 6.07) is 0. The zero-order valence-electron chi connectivity index (χ0n) is 80.3. The molecule has 17 unspecified atom stereocenters. The van der Waals surface area contributed by atoms with Gasteiger partial charge in [-0.05, 0) is 129 Å². The molecule has 12 fully saturated rings. The molecular weight excluding hydrogens is 1840 g/mol. The second kappa shape index (κ2) is 43.7. The van der Waals surface area contributed by atoms with Crippen molar-refractivity contribution < 1.29 is 222 Å². The van der Waals surface area contributed by atoms with Crippen LogP contribution in [-0.2, 0) is 109 Å². The van der Waals surface area contributed by atoms with E-state index in [-0.39, 0.29) is 50.5 Å². The van der Waals surface area contributed by atoms with E-state index in [1.165, 1.54) is 13.8 Å². The Morgan fingerprint density at radius 2 is 1.11 bits per heavy atom. The summed E-state index contributed by atoms with van der Waals surface area (Å²) in [7, 11) is 0. The fourth-order valence-corrected chi connectivity index (χ4v) is 24.3. The van der Waals surface area contributed by atoms with E-state index in [1.807, 2.05) is 27.7 Å². The fraction of sp³-hybridized carbons (Fsp3) is 0.925. The maximum atomic E-state index is 16.5. The number of carbonyl (C=O) groups excluding carboxylic acids is 4. The number of hydrogen-bond donors (Lipinski definition) is 22. The summed E-state index contributed by atoms with van der Waals surface area (Å²) in [6.07, 6.45) is -63.2. The first-order chi connectivity index (χ1) is 64.7. The molecule has 8 saturated heterocycles. The zero-order chi connectivity index (χ0) is 101. The van der Waals surface area contributed by atoms with Crippen molar-refractivity contribution in [3.8, 4) is 0 Å². The van der Waals surface area contributed by atoms with Crippen LogP contribution >= 0.6 is 0 Å². The number of carboxylic acid groups (broad SMARTS) is 1. The Morgan fingerprint density at radius 3 is 1.73 bits per heavy atom. The smallest absolute Gasteiger partial charge is 0.335 e. The van der Waals surface area contributed by atoms with Crippen LogP contribution in [0.15, 0.2) is 11.6 Å². The highest BCUT2D eigenvalue weighted by Crippen LogP contribution is 2.76. The van der Waals surface area contributed by atoms with Gasteiger partial charge in [0.15, 0.2) is 56.1 Å². The molecule has 0 spiro atoms. The van der Waals surface area contributed by atoms with Crippen molar-refractivity contribution in [2.75, 3.05) is 39.6 Å². The highest BCUT2D eigenvalue weighted by Gasteiger charge is 2.74. The number of aliphatic hydroxyl groups is 21. The predicted octanol–water partition coefficient (Wildman–Crippen LogP) is -4.27. The monoisotopic (exact) mass is 1990 g/mol. The van der Waals surface area contributed by atoms with Crippen molar-refractivity contribution in [1.82, 2.24) is 0 Å². The Bertz CT molecular complexity index is 4120. The number of aldehydes is 1. The summed E-state index contributed by atoms with van der Waals surface area (Å²) in [5.74, 6) is -9.49. The number of carboxylic acids is 1. The molecule has 8 aliphatic heterocycles. The summed E-state index contributed by atoms with van der Waals surface area (Å²) in [5, 5.41) is 248. The van der Waals surface area contributed by atoms with Crippen molar-refractivity contribution in [3.63, 3.8) is 0 Å². The lowest BCUT2D eigenvalue weighted by Crippen LogP contribution is -2.69. The first-order valence-electron chi connectivity index (χ1n) is 48.7. The molecule has 13 rings (SSSR count). The standard InChI is InChI=1S/C93H150O45/c1-14-38(4)49(127-56(102)27-43(98)26-50(39(5)15-2)138-93(120)37-123-48(16-3)75(93)114)25-42(97)28-57(103)130-70-58(104)40(6)125-82(73(70)135-80-65(111)62(108)68(41(7)126-80)131-79-67(113)69(47(100)33-122-79)132-84-76(115)91(119,35-96)36-124-84)137-85(118)92-24-23-86(8,9)29-45(92)44-17-18-53-87(10)21-20-55(88(11,34-95)52(87)19-22-89(53,12)90(44,13)30-54(92)101)129-83-74(136-81-64(110)61(107)60(106)51(31-94)128-81)71(66(112)72(134-83)77(116)117)133-78-63(109)59(105)46(99)32-121-78/h17,34,38-43,45-55,58-76,78-84,94,96-101,104-115,119-120H,14-16,18-33,35-37H2,1-13H3,(H,116,117)/t38-,39-,40?,41?,42-,43-,45?,46+,47?,48-,49-,50-,51?,52?,53?,54+,55-,58+,59-,60-,61-,62+,63?,64?,65?,66+,67-,68-,69-,70?,71-,72?,73+,74?,75?,76?,78-,79?,80-,81-,82-,83+,84-,87-,88-,89+,90+,91+,92+,93?/m0/s1. The molecule has 0 aromatic rings. The van der Waals surface area contributed by atoms with Gasteiger partial charge in [0.1, 0.15) is 146 Å². The molecule has 0 radical (unpaired) electrons. The van der Waals surface area contributed by atoms with Crippen LogP contribution in [0.2, 0.25) is 0 Å². The Kier molecular flexibility index (Phi) is 35.2. The van der Waals surface area contributed by atoms with E-state index in [9.17, 15) is 132 Å². The van der Waals surface area contributed by atoms with E-state index in [2.05, 4.69) is 26.8 Å². The molecule has 8 heterocycles. The summed E-state index contributed by atoms with van der Waals surface area (Å²) >= 11 is 0. The number of hydrogen-bond acceptors (Lipinski definition) is 44. The fourth-order valence-electron chi connectivity index (χ4n) is 24.3. The summed E-state index contributed by atoms with van der Waals surface area (Å²) in [4.78, 5) is 72.7. The highest BCUT2D eigenvalue weighted by atomic mass is 16.8. The summed E-state index contributed by atoms with van der Waals surface area (Å²) in [6.45, 7) is 19.6. The van der Waals surface area contributed by atoms with E-state index in [0.717, 1.165) is 11.9 Å². The Balaban J connectivity index is 0.764. The average molecular weight is 1990 g/mol. The average Bonchev–Trinajstić information content (AvgIpc) is 0.806. The predicted molar refractivity (Wildman–Crippen MR) is 461 cm³/mol. The first-order valence-corrected chi connectivity index (χ1v) is 48.7. The molecule has 792 valence electrons. The normalized spacial score (nSPS) is 48.7. The van der Waals surface area contributed by atoms with Crippen molar-refractivity contribution in [3.05, 3.63) is 11.6 Å². The minimum atomic E-state index is -2.27. The van der Waals surface area contributed by atoms with E-state index < -0.39 is 371 Å². The molecule has 13 aliphatic rings. The van der Waals surface area contributed by atoms with Crippen LogP contribution in [0, 0.1) is 62.1 Å². The van der Waals surface area contributed by atoms with Crippen LogP contribution < -0.4 is 0 Å². The Labute approximate surface area is 799 Å². The zero-order valence-corrected chi connectivity index (χ0v) is 80.3. The molecule has 4 saturated carbocycles. The second-order valence-corrected chi connectivity index (χ2v) is 42.9. The molecule has 50 atom stereocenters. The van der Waals surface area contributed by atoms with Gasteiger partial charge in [0.05, 0.1) is 100 Å². The van der Waals surface area contributed by atoms with Gasteiger partial charge < -0.3 is 202 Å². The molecule has 0 aromatic heterocycles. The summed E-state index contributed by atoms with van der Waals surface area (Å²) < 4.78 is 109. The van der Waals surface area contributed by atoms with Gasteiger partial charge in [0.25, 0.3) is 0 Å². The summed E-state index contributed by atoms with van der Waals surface area (Å²) in [5.41, 5.74) is -7.76. The third kappa shape index (κ3) is 21.3. The third-order valence-electron chi connectivity index (χ3n) is 33.6.